The number of aryl methyl sites for hydroxylation is 2. The van der Waals surface area contributed by atoms with Gasteiger partial charge in [-0.25, -0.2) is 4.68 Å². The van der Waals surface area contributed by atoms with Crippen molar-refractivity contribution in [1.29, 1.82) is 0 Å². The molecule has 0 amide bonds. The van der Waals surface area contributed by atoms with Crippen LogP contribution in [0.15, 0.2) is 24.4 Å². The van der Waals surface area contributed by atoms with Gasteiger partial charge < -0.3 is 5.32 Å². The van der Waals surface area contributed by atoms with Crippen molar-refractivity contribution in [2.75, 3.05) is 13.1 Å². The van der Waals surface area contributed by atoms with E-state index >= 15 is 0 Å². The Morgan fingerprint density at radius 2 is 2.11 bits per heavy atom. The van der Waals surface area contributed by atoms with Crippen molar-refractivity contribution in [3.05, 3.63) is 46.8 Å². The van der Waals surface area contributed by atoms with Crippen LogP contribution in [0, 0.1) is 13.8 Å². The van der Waals surface area contributed by atoms with Crippen molar-refractivity contribution in [3.63, 3.8) is 0 Å². The molecule has 2 aromatic rings. The van der Waals surface area contributed by atoms with Gasteiger partial charge in [0.1, 0.15) is 0 Å². The molecule has 1 aromatic heterocycles. The third kappa shape index (κ3) is 2.17. The zero-order chi connectivity index (χ0) is 13.4. The first-order chi connectivity index (χ1) is 9.15. The molecule has 1 aliphatic rings. The molecule has 2 heterocycles. The van der Waals surface area contributed by atoms with Crippen LogP contribution in [0.25, 0.3) is 0 Å². The van der Waals surface area contributed by atoms with Gasteiger partial charge in [-0.2, -0.15) is 0 Å². The number of benzene rings is 1. The molecule has 3 rings (SSSR count). The van der Waals surface area contributed by atoms with Crippen LogP contribution in [0.4, 0.5) is 0 Å². The maximum absolute atomic E-state index is 12.3. The second-order valence-electron chi connectivity index (χ2n) is 5.02. The highest BCUT2D eigenvalue weighted by molar-refractivity contribution is 6.07. The molecule has 0 spiro atoms. The van der Waals surface area contributed by atoms with Gasteiger partial charge in [0.2, 0.25) is 5.78 Å². The predicted molar refractivity (Wildman–Crippen MR) is 71.3 cm³/mol. The average molecular weight is 256 g/mol. The van der Waals surface area contributed by atoms with E-state index in [1.807, 2.05) is 32.0 Å². The summed E-state index contributed by atoms with van der Waals surface area (Å²) in [4.78, 5) is 12.3. The first kappa shape index (κ1) is 12.0. The number of hydrogen-bond acceptors (Lipinski definition) is 4. The molecule has 0 aliphatic carbocycles. The van der Waals surface area contributed by atoms with E-state index in [9.17, 15) is 4.79 Å². The van der Waals surface area contributed by atoms with E-state index in [1.54, 1.807) is 10.9 Å². The van der Waals surface area contributed by atoms with E-state index in [0.717, 1.165) is 18.7 Å². The largest absolute Gasteiger partial charge is 0.312 e. The molecule has 0 atom stereocenters. The fraction of sp³-hybridized carbons (Fsp3) is 0.357. The molecule has 1 aliphatic heterocycles. The summed E-state index contributed by atoms with van der Waals surface area (Å²) >= 11 is 0. The molecule has 0 bridgehead atoms. The summed E-state index contributed by atoms with van der Waals surface area (Å²) < 4.78 is 1.77. The summed E-state index contributed by atoms with van der Waals surface area (Å²) in [5.74, 6) is -0.0679. The molecule has 1 N–H and O–H groups in total. The SMILES string of the molecule is Cc1ccc(C(=O)c2cn(C3CNC3)nn2)cc1C. The third-order valence-corrected chi connectivity index (χ3v) is 3.65. The fourth-order valence-corrected chi connectivity index (χ4v) is 2.05. The molecule has 0 unspecified atom stereocenters. The van der Waals surface area contributed by atoms with Gasteiger partial charge in [-0.15, -0.1) is 5.10 Å². The number of aromatic nitrogens is 3. The third-order valence-electron chi connectivity index (χ3n) is 3.65. The molecule has 0 saturated carbocycles. The van der Waals surface area contributed by atoms with Crippen LogP contribution >= 0.6 is 0 Å². The van der Waals surface area contributed by atoms with Gasteiger partial charge in [-0.05, 0) is 31.0 Å². The number of rotatable bonds is 3. The van der Waals surface area contributed by atoms with Gasteiger partial charge in [0.05, 0.1) is 12.2 Å². The van der Waals surface area contributed by atoms with Crippen molar-refractivity contribution in [2.45, 2.75) is 19.9 Å². The molecule has 5 nitrogen and oxygen atoms in total. The van der Waals surface area contributed by atoms with Gasteiger partial charge in [0, 0.05) is 18.7 Å². The minimum atomic E-state index is -0.0679. The van der Waals surface area contributed by atoms with Gasteiger partial charge in [0.15, 0.2) is 5.69 Å². The van der Waals surface area contributed by atoms with E-state index in [2.05, 4.69) is 15.6 Å². The standard InChI is InChI=1S/C14H16N4O/c1-9-3-4-11(5-10(9)2)14(19)13-8-18(17-16-13)12-6-15-7-12/h3-5,8,12,15H,6-7H2,1-2H3. The van der Waals surface area contributed by atoms with Crippen LogP contribution in [0.5, 0.6) is 0 Å². The first-order valence-corrected chi connectivity index (χ1v) is 6.39. The normalized spacial score (nSPS) is 15.3. The Labute approximate surface area is 111 Å². The lowest BCUT2D eigenvalue weighted by molar-refractivity contribution is 0.103. The number of ketones is 1. The molecule has 5 heteroatoms. The van der Waals surface area contributed by atoms with Gasteiger partial charge in [0.25, 0.3) is 0 Å². The van der Waals surface area contributed by atoms with Crippen molar-refractivity contribution >= 4 is 5.78 Å². The lowest BCUT2D eigenvalue weighted by Gasteiger charge is -2.26. The minimum absolute atomic E-state index is 0.0679. The lowest BCUT2D eigenvalue weighted by Crippen LogP contribution is -2.43. The molecule has 0 radical (unpaired) electrons. The Kier molecular flexibility index (Phi) is 2.91. The molecule has 1 aromatic carbocycles. The van der Waals surface area contributed by atoms with Crippen molar-refractivity contribution in [3.8, 4) is 0 Å². The molecular weight excluding hydrogens is 240 g/mol. The zero-order valence-electron chi connectivity index (χ0n) is 11.1. The van der Waals surface area contributed by atoms with Crippen LogP contribution in [0.1, 0.15) is 33.2 Å². The van der Waals surface area contributed by atoms with Gasteiger partial charge >= 0.3 is 0 Å². The summed E-state index contributed by atoms with van der Waals surface area (Å²) in [7, 11) is 0. The van der Waals surface area contributed by atoms with Crippen LogP contribution in [0.2, 0.25) is 0 Å². The molecule has 19 heavy (non-hydrogen) atoms. The summed E-state index contributed by atoms with van der Waals surface area (Å²) in [5, 5.41) is 11.2. The van der Waals surface area contributed by atoms with Crippen molar-refractivity contribution in [2.24, 2.45) is 0 Å². The fourth-order valence-electron chi connectivity index (χ4n) is 2.05. The second kappa shape index (κ2) is 4.59. The number of carbonyl (C=O) groups is 1. The van der Waals surface area contributed by atoms with Gasteiger partial charge in [-0.1, -0.05) is 17.3 Å². The molecule has 98 valence electrons. The second-order valence-corrected chi connectivity index (χ2v) is 5.02. The first-order valence-electron chi connectivity index (χ1n) is 6.39. The number of nitrogens with zero attached hydrogens (tertiary/aromatic N) is 3. The van der Waals surface area contributed by atoms with E-state index < -0.39 is 0 Å². The minimum Gasteiger partial charge on any atom is -0.312 e. The molecule has 1 fully saturated rings. The van der Waals surface area contributed by atoms with Crippen LogP contribution in [0.3, 0.4) is 0 Å². The molecular formula is C14H16N4O. The Morgan fingerprint density at radius 1 is 1.32 bits per heavy atom. The van der Waals surface area contributed by atoms with Crippen LogP contribution < -0.4 is 5.32 Å². The van der Waals surface area contributed by atoms with Crippen molar-refractivity contribution in [1.82, 2.24) is 20.3 Å². The monoisotopic (exact) mass is 256 g/mol. The average Bonchev–Trinajstić information content (AvgIpc) is 2.79. The highest BCUT2D eigenvalue weighted by Crippen LogP contribution is 2.15. The number of hydrogen-bond donors (Lipinski definition) is 1. The lowest BCUT2D eigenvalue weighted by atomic mass is 10.0. The Bertz CT molecular complexity index is 628. The Hall–Kier alpha value is -2.01. The summed E-state index contributed by atoms with van der Waals surface area (Å²) in [6, 6.07) is 6.03. The Morgan fingerprint density at radius 3 is 2.74 bits per heavy atom. The highest BCUT2D eigenvalue weighted by atomic mass is 16.1. The predicted octanol–water partition coefficient (Wildman–Crippen LogP) is 1.27. The summed E-state index contributed by atoms with van der Waals surface area (Å²) in [6.45, 7) is 5.81. The topological polar surface area (TPSA) is 59.8 Å². The number of nitrogens with one attached hydrogen (secondary N) is 1. The summed E-state index contributed by atoms with van der Waals surface area (Å²) in [5.41, 5.74) is 3.37. The highest BCUT2D eigenvalue weighted by Gasteiger charge is 2.22. The Balaban J connectivity index is 1.86. The van der Waals surface area contributed by atoms with E-state index in [-0.39, 0.29) is 5.78 Å². The molecule has 1 saturated heterocycles. The van der Waals surface area contributed by atoms with E-state index in [1.165, 1.54) is 5.56 Å². The van der Waals surface area contributed by atoms with E-state index in [4.69, 9.17) is 0 Å². The maximum atomic E-state index is 12.3. The van der Waals surface area contributed by atoms with E-state index in [0.29, 0.717) is 17.3 Å². The smallest absolute Gasteiger partial charge is 0.214 e. The summed E-state index contributed by atoms with van der Waals surface area (Å²) in [6.07, 6.45) is 1.74. The van der Waals surface area contributed by atoms with Gasteiger partial charge in [-0.3, -0.25) is 4.79 Å². The zero-order valence-corrected chi connectivity index (χ0v) is 11.1. The maximum Gasteiger partial charge on any atom is 0.214 e. The van der Waals surface area contributed by atoms with Crippen LogP contribution in [-0.4, -0.2) is 33.9 Å². The quantitative estimate of drug-likeness (QED) is 0.840. The van der Waals surface area contributed by atoms with Crippen LogP contribution in [-0.2, 0) is 0 Å². The van der Waals surface area contributed by atoms with Crippen molar-refractivity contribution < 1.29 is 4.79 Å². The number of carbonyl (C=O) groups excluding carboxylic acids is 1.